The van der Waals surface area contributed by atoms with E-state index in [1.54, 1.807) is 7.11 Å². The van der Waals surface area contributed by atoms with E-state index in [9.17, 15) is 4.79 Å². The molecule has 2 atom stereocenters. The normalized spacial score (nSPS) is 22.3. The summed E-state index contributed by atoms with van der Waals surface area (Å²) in [6.45, 7) is 2.91. The minimum Gasteiger partial charge on any atom is -0.497 e. The van der Waals surface area contributed by atoms with Crippen molar-refractivity contribution in [1.29, 1.82) is 0 Å². The van der Waals surface area contributed by atoms with Gasteiger partial charge in [-0.1, -0.05) is 24.3 Å². The van der Waals surface area contributed by atoms with E-state index in [0.717, 1.165) is 38.1 Å². The van der Waals surface area contributed by atoms with Crippen molar-refractivity contribution in [2.45, 2.75) is 38.1 Å². The molecule has 1 aliphatic carbocycles. The second-order valence-corrected chi connectivity index (χ2v) is 6.76. The van der Waals surface area contributed by atoms with Gasteiger partial charge in [-0.2, -0.15) is 0 Å². The van der Waals surface area contributed by atoms with E-state index >= 15 is 0 Å². The SMILES string of the molecule is COc1ccc(C(CNC(=O)C2CC=CCC2)N2CCCC2)cc1. The number of likely N-dealkylation sites (tertiary alicyclic amines) is 1. The van der Waals surface area contributed by atoms with Crippen LogP contribution in [0, 0.1) is 5.92 Å². The third kappa shape index (κ3) is 4.18. The maximum absolute atomic E-state index is 12.5. The second kappa shape index (κ2) is 8.34. The largest absolute Gasteiger partial charge is 0.497 e. The minimum absolute atomic E-state index is 0.144. The lowest BCUT2D eigenvalue weighted by atomic mass is 9.93. The molecular formula is C20H28N2O2. The molecule has 2 unspecified atom stereocenters. The number of hydrogen-bond donors (Lipinski definition) is 1. The highest BCUT2D eigenvalue weighted by Crippen LogP contribution is 2.26. The van der Waals surface area contributed by atoms with Crippen LogP contribution in [-0.4, -0.2) is 37.6 Å². The smallest absolute Gasteiger partial charge is 0.223 e. The summed E-state index contributed by atoms with van der Waals surface area (Å²) in [5.74, 6) is 1.22. The fraction of sp³-hybridized carbons (Fsp3) is 0.550. The van der Waals surface area contributed by atoms with Crippen LogP contribution in [0.1, 0.15) is 43.7 Å². The zero-order valence-electron chi connectivity index (χ0n) is 14.5. The summed E-state index contributed by atoms with van der Waals surface area (Å²) in [5, 5.41) is 3.21. The molecule has 4 heteroatoms. The Balaban J connectivity index is 1.65. The van der Waals surface area contributed by atoms with Crippen molar-refractivity contribution in [3.8, 4) is 5.75 Å². The number of ether oxygens (including phenoxy) is 1. The number of rotatable bonds is 6. The van der Waals surface area contributed by atoms with Gasteiger partial charge >= 0.3 is 0 Å². The molecule has 0 spiro atoms. The van der Waals surface area contributed by atoms with Gasteiger partial charge in [0.25, 0.3) is 0 Å². The highest BCUT2D eigenvalue weighted by Gasteiger charge is 2.25. The van der Waals surface area contributed by atoms with Gasteiger partial charge in [0.1, 0.15) is 5.75 Å². The van der Waals surface area contributed by atoms with Crippen LogP contribution in [0.2, 0.25) is 0 Å². The van der Waals surface area contributed by atoms with Gasteiger partial charge < -0.3 is 10.1 Å². The van der Waals surface area contributed by atoms with Gasteiger partial charge in [-0.15, -0.1) is 0 Å². The summed E-state index contributed by atoms with van der Waals surface area (Å²) in [6, 6.07) is 8.51. The molecule has 4 nitrogen and oxygen atoms in total. The molecule has 0 radical (unpaired) electrons. The molecule has 24 heavy (non-hydrogen) atoms. The minimum atomic E-state index is 0.144. The molecule has 1 aromatic rings. The van der Waals surface area contributed by atoms with Crippen LogP contribution in [-0.2, 0) is 4.79 Å². The molecule has 0 bridgehead atoms. The van der Waals surface area contributed by atoms with Gasteiger partial charge in [0, 0.05) is 12.5 Å². The predicted octanol–water partition coefficient (Wildman–Crippen LogP) is 3.30. The summed E-state index contributed by atoms with van der Waals surface area (Å²) in [6.07, 6.45) is 9.67. The van der Waals surface area contributed by atoms with E-state index in [2.05, 4.69) is 34.5 Å². The number of nitrogens with zero attached hydrogens (tertiary/aromatic N) is 1. The van der Waals surface area contributed by atoms with Crippen LogP contribution in [0.5, 0.6) is 5.75 Å². The van der Waals surface area contributed by atoms with E-state index in [-0.39, 0.29) is 17.9 Å². The number of hydrogen-bond acceptors (Lipinski definition) is 3. The maximum Gasteiger partial charge on any atom is 0.223 e. The highest BCUT2D eigenvalue weighted by molar-refractivity contribution is 5.79. The molecule has 130 valence electrons. The third-order valence-corrected chi connectivity index (χ3v) is 5.19. The Morgan fingerprint density at radius 2 is 2.00 bits per heavy atom. The fourth-order valence-corrected chi connectivity index (χ4v) is 3.71. The molecule has 1 N–H and O–H groups in total. The third-order valence-electron chi connectivity index (χ3n) is 5.19. The van der Waals surface area contributed by atoms with Gasteiger partial charge in [0.05, 0.1) is 13.2 Å². The number of amides is 1. The van der Waals surface area contributed by atoms with Gasteiger partial charge in [0.2, 0.25) is 5.91 Å². The first-order chi connectivity index (χ1) is 11.8. The number of methoxy groups -OCH3 is 1. The van der Waals surface area contributed by atoms with Crippen LogP contribution >= 0.6 is 0 Å². The molecule has 1 aromatic carbocycles. The molecule has 1 saturated heterocycles. The van der Waals surface area contributed by atoms with E-state index < -0.39 is 0 Å². The van der Waals surface area contributed by atoms with E-state index in [1.165, 1.54) is 18.4 Å². The van der Waals surface area contributed by atoms with Gasteiger partial charge in [-0.05, 0) is 62.9 Å². The Labute approximate surface area is 144 Å². The number of benzene rings is 1. The second-order valence-electron chi connectivity index (χ2n) is 6.76. The Morgan fingerprint density at radius 3 is 2.62 bits per heavy atom. The van der Waals surface area contributed by atoms with Crippen LogP contribution in [0.25, 0.3) is 0 Å². The first-order valence-corrected chi connectivity index (χ1v) is 9.08. The van der Waals surface area contributed by atoms with E-state index in [4.69, 9.17) is 4.74 Å². The monoisotopic (exact) mass is 328 g/mol. The summed E-state index contributed by atoms with van der Waals surface area (Å²) in [4.78, 5) is 15.0. The van der Waals surface area contributed by atoms with E-state index in [0.29, 0.717) is 6.54 Å². The van der Waals surface area contributed by atoms with Crippen molar-refractivity contribution in [2.24, 2.45) is 5.92 Å². The van der Waals surface area contributed by atoms with Crippen LogP contribution < -0.4 is 10.1 Å². The number of allylic oxidation sites excluding steroid dienone is 2. The van der Waals surface area contributed by atoms with Gasteiger partial charge in [-0.3, -0.25) is 9.69 Å². The molecule has 3 rings (SSSR count). The molecule has 0 aromatic heterocycles. The standard InChI is InChI=1S/C20H28N2O2/c1-24-18-11-9-16(10-12-18)19(22-13-5-6-14-22)15-21-20(23)17-7-3-2-4-8-17/h2-3,9-12,17,19H,4-8,13-15H2,1H3,(H,21,23). The van der Waals surface area contributed by atoms with Crippen LogP contribution in [0.3, 0.4) is 0 Å². The van der Waals surface area contributed by atoms with E-state index in [1.807, 2.05) is 12.1 Å². The summed E-state index contributed by atoms with van der Waals surface area (Å²) < 4.78 is 5.26. The summed E-state index contributed by atoms with van der Waals surface area (Å²) >= 11 is 0. The number of nitrogens with one attached hydrogen (secondary N) is 1. The van der Waals surface area contributed by atoms with Crippen molar-refractivity contribution >= 4 is 5.91 Å². The summed E-state index contributed by atoms with van der Waals surface area (Å²) in [7, 11) is 1.69. The Morgan fingerprint density at radius 1 is 1.25 bits per heavy atom. The number of carbonyl (C=O) groups is 1. The average Bonchev–Trinajstić information content (AvgIpc) is 3.17. The molecule has 1 heterocycles. The Hall–Kier alpha value is -1.81. The molecular weight excluding hydrogens is 300 g/mol. The van der Waals surface area contributed by atoms with Gasteiger partial charge in [-0.25, -0.2) is 0 Å². The molecule has 1 fully saturated rings. The van der Waals surface area contributed by atoms with Gasteiger partial charge in [0.15, 0.2) is 0 Å². The number of carbonyl (C=O) groups excluding carboxylic acids is 1. The van der Waals surface area contributed by atoms with Crippen molar-refractivity contribution in [3.63, 3.8) is 0 Å². The molecule has 0 saturated carbocycles. The maximum atomic E-state index is 12.5. The summed E-state index contributed by atoms with van der Waals surface area (Å²) in [5.41, 5.74) is 1.25. The zero-order chi connectivity index (χ0) is 16.8. The average molecular weight is 328 g/mol. The van der Waals surface area contributed by atoms with Crippen LogP contribution in [0.15, 0.2) is 36.4 Å². The Kier molecular flexibility index (Phi) is 5.91. The first kappa shape index (κ1) is 17.0. The fourth-order valence-electron chi connectivity index (χ4n) is 3.71. The molecule has 1 amide bonds. The van der Waals surface area contributed by atoms with Crippen molar-refractivity contribution in [2.75, 3.05) is 26.7 Å². The van der Waals surface area contributed by atoms with Crippen molar-refractivity contribution in [3.05, 3.63) is 42.0 Å². The lowest BCUT2D eigenvalue weighted by Gasteiger charge is -2.29. The topological polar surface area (TPSA) is 41.6 Å². The van der Waals surface area contributed by atoms with Crippen molar-refractivity contribution < 1.29 is 9.53 Å². The molecule has 1 aliphatic heterocycles. The first-order valence-electron chi connectivity index (χ1n) is 9.08. The lowest BCUT2D eigenvalue weighted by molar-refractivity contribution is -0.125. The Bertz CT molecular complexity index is 562. The lowest BCUT2D eigenvalue weighted by Crippen LogP contribution is -2.39. The quantitative estimate of drug-likeness (QED) is 0.815. The predicted molar refractivity (Wildman–Crippen MR) is 96.0 cm³/mol. The zero-order valence-corrected chi connectivity index (χ0v) is 14.5. The van der Waals surface area contributed by atoms with Crippen LogP contribution in [0.4, 0.5) is 0 Å². The highest BCUT2D eigenvalue weighted by atomic mass is 16.5. The van der Waals surface area contributed by atoms with Crippen molar-refractivity contribution in [1.82, 2.24) is 10.2 Å². The molecule has 2 aliphatic rings.